The molecule has 0 spiro atoms. The summed E-state index contributed by atoms with van der Waals surface area (Å²) in [7, 11) is 1.53. The van der Waals surface area contributed by atoms with Gasteiger partial charge in [-0.1, -0.05) is 42.5 Å². The largest absolute Gasteiger partial charge is 0.415 e. The molecule has 0 fully saturated rings. The van der Waals surface area contributed by atoms with Crippen LogP contribution in [0.2, 0.25) is 0 Å². The molecule has 1 aromatic carbocycles. The van der Waals surface area contributed by atoms with Gasteiger partial charge >= 0.3 is 6.18 Å². The lowest BCUT2D eigenvalue weighted by molar-refractivity contribution is -0.207. The van der Waals surface area contributed by atoms with Crippen molar-refractivity contribution in [3.8, 4) is 0 Å². The van der Waals surface area contributed by atoms with Gasteiger partial charge in [-0.15, -0.1) is 0 Å². The van der Waals surface area contributed by atoms with E-state index in [2.05, 4.69) is 0 Å². The number of hydrogen-bond donors (Lipinski definition) is 1. The van der Waals surface area contributed by atoms with Crippen LogP contribution in [0, 0.1) is 0 Å². The summed E-state index contributed by atoms with van der Waals surface area (Å²) < 4.78 is 36.3. The molecule has 0 amide bonds. The van der Waals surface area contributed by atoms with Gasteiger partial charge < -0.3 is 5.11 Å². The first-order chi connectivity index (χ1) is 8.39. The van der Waals surface area contributed by atoms with Crippen molar-refractivity contribution in [1.82, 2.24) is 4.90 Å². The number of rotatable bonds is 5. The predicted molar refractivity (Wildman–Crippen MR) is 65.0 cm³/mol. The zero-order valence-electron chi connectivity index (χ0n) is 10.1. The lowest BCUT2D eigenvalue weighted by atomic mass is 10.2. The molecule has 0 aliphatic carbocycles. The number of aliphatic hydroxyl groups excluding tert-OH is 1. The molecule has 1 N–H and O–H groups in total. The highest BCUT2D eigenvalue weighted by atomic mass is 19.4. The van der Waals surface area contributed by atoms with Crippen molar-refractivity contribution in [3.05, 3.63) is 42.0 Å². The molecule has 0 unspecified atom stereocenters. The van der Waals surface area contributed by atoms with Crippen LogP contribution in [-0.4, -0.2) is 42.4 Å². The fraction of sp³-hybridized carbons (Fsp3) is 0.385. The summed E-state index contributed by atoms with van der Waals surface area (Å²) in [5.74, 6) is 0. The number of halogens is 3. The topological polar surface area (TPSA) is 23.5 Å². The smallest absolute Gasteiger partial charge is 0.382 e. The standard InChI is InChI=1S/C13H16F3NO/c1-17(10-12(18)13(14,15)16)9-5-8-11-6-3-2-4-7-11/h2-8,12,18H,9-10H2,1H3/b8-5+/t12-/m0/s1. The van der Waals surface area contributed by atoms with Gasteiger partial charge in [-0.05, 0) is 12.6 Å². The van der Waals surface area contributed by atoms with Gasteiger partial charge in [0.1, 0.15) is 0 Å². The Morgan fingerprint density at radius 3 is 2.44 bits per heavy atom. The number of nitrogens with zero attached hydrogens (tertiary/aromatic N) is 1. The van der Waals surface area contributed by atoms with Crippen LogP contribution in [0.1, 0.15) is 5.56 Å². The van der Waals surface area contributed by atoms with Gasteiger partial charge in [0, 0.05) is 13.1 Å². The molecule has 0 heterocycles. The molecule has 1 rings (SSSR count). The lowest BCUT2D eigenvalue weighted by Gasteiger charge is -2.20. The second kappa shape index (κ2) is 6.56. The molecule has 0 bridgehead atoms. The van der Waals surface area contributed by atoms with E-state index in [4.69, 9.17) is 5.11 Å². The average Bonchev–Trinajstić information content (AvgIpc) is 2.29. The monoisotopic (exact) mass is 259 g/mol. The summed E-state index contributed by atoms with van der Waals surface area (Å²) in [5, 5.41) is 8.88. The Kier molecular flexibility index (Phi) is 5.37. The Labute approximate surface area is 104 Å². The highest BCUT2D eigenvalue weighted by molar-refractivity contribution is 5.48. The molecule has 0 saturated carbocycles. The summed E-state index contributed by atoms with van der Waals surface area (Å²) in [4.78, 5) is 1.41. The quantitative estimate of drug-likeness (QED) is 0.878. The van der Waals surface area contributed by atoms with Gasteiger partial charge in [0.2, 0.25) is 0 Å². The molecule has 100 valence electrons. The first-order valence-electron chi connectivity index (χ1n) is 5.54. The van der Waals surface area contributed by atoms with Crippen LogP contribution < -0.4 is 0 Å². The summed E-state index contributed by atoms with van der Waals surface area (Å²) >= 11 is 0. The van der Waals surface area contributed by atoms with Crippen LogP contribution >= 0.6 is 0 Å². The molecular weight excluding hydrogens is 243 g/mol. The normalized spacial score (nSPS) is 14.3. The second-order valence-corrected chi connectivity index (χ2v) is 4.09. The molecule has 2 nitrogen and oxygen atoms in total. The van der Waals surface area contributed by atoms with Gasteiger partial charge in [-0.3, -0.25) is 4.90 Å². The van der Waals surface area contributed by atoms with Crippen molar-refractivity contribution < 1.29 is 18.3 Å². The van der Waals surface area contributed by atoms with Crippen molar-refractivity contribution in [1.29, 1.82) is 0 Å². The Bertz CT molecular complexity index is 376. The Hall–Kier alpha value is -1.33. The van der Waals surface area contributed by atoms with E-state index in [1.54, 1.807) is 6.08 Å². The molecule has 18 heavy (non-hydrogen) atoms. The zero-order chi connectivity index (χ0) is 13.6. The van der Waals surface area contributed by atoms with E-state index in [-0.39, 0.29) is 0 Å². The molecule has 0 aliphatic heterocycles. The van der Waals surface area contributed by atoms with E-state index >= 15 is 0 Å². The van der Waals surface area contributed by atoms with Crippen molar-refractivity contribution in [2.75, 3.05) is 20.1 Å². The van der Waals surface area contributed by atoms with E-state index in [1.807, 2.05) is 36.4 Å². The third kappa shape index (κ3) is 5.33. The van der Waals surface area contributed by atoms with Gasteiger partial charge in [0.15, 0.2) is 6.10 Å². The van der Waals surface area contributed by atoms with Crippen molar-refractivity contribution in [2.24, 2.45) is 0 Å². The number of likely N-dealkylation sites (N-methyl/N-ethyl adjacent to an activating group) is 1. The van der Waals surface area contributed by atoms with Crippen molar-refractivity contribution in [3.63, 3.8) is 0 Å². The number of hydrogen-bond acceptors (Lipinski definition) is 2. The van der Waals surface area contributed by atoms with E-state index < -0.39 is 18.8 Å². The summed E-state index contributed by atoms with van der Waals surface area (Å²) in [6.45, 7) is -0.0787. The third-order valence-corrected chi connectivity index (χ3v) is 2.39. The molecule has 0 saturated heterocycles. The maximum atomic E-state index is 12.1. The molecule has 0 aliphatic rings. The summed E-state index contributed by atoms with van der Waals surface area (Å²) in [6, 6.07) is 9.47. The fourth-order valence-corrected chi connectivity index (χ4v) is 1.41. The van der Waals surface area contributed by atoms with E-state index in [0.29, 0.717) is 6.54 Å². The average molecular weight is 259 g/mol. The second-order valence-electron chi connectivity index (χ2n) is 4.09. The summed E-state index contributed by atoms with van der Waals surface area (Å²) in [5.41, 5.74) is 0.988. The van der Waals surface area contributed by atoms with Gasteiger partial charge in [0.25, 0.3) is 0 Å². The first kappa shape index (κ1) is 14.7. The van der Waals surface area contributed by atoms with Crippen LogP contribution in [0.25, 0.3) is 6.08 Å². The lowest BCUT2D eigenvalue weighted by Crippen LogP contribution is -2.39. The number of aliphatic hydroxyl groups is 1. The molecule has 0 aromatic heterocycles. The maximum Gasteiger partial charge on any atom is 0.415 e. The van der Waals surface area contributed by atoms with Crippen molar-refractivity contribution in [2.45, 2.75) is 12.3 Å². The fourth-order valence-electron chi connectivity index (χ4n) is 1.41. The molecular formula is C13H16F3NO. The van der Waals surface area contributed by atoms with E-state index in [1.165, 1.54) is 11.9 Å². The van der Waals surface area contributed by atoms with Gasteiger partial charge in [0.05, 0.1) is 0 Å². The Balaban J connectivity index is 2.38. The van der Waals surface area contributed by atoms with Crippen LogP contribution in [0.4, 0.5) is 13.2 Å². The Morgan fingerprint density at radius 2 is 1.89 bits per heavy atom. The predicted octanol–water partition coefficient (Wildman–Crippen LogP) is 2.55. The Morgan fingerprint density at radius 1 is 1.28 bits per heavy atom. The molecule has 1 atom stereocenters. The number of benzene rings is 1. The maximum absolute atomic E-state index is 12.1. The van der Waals surface area contributed by atoms with Gasteiger partial charge in [-0.25, -0.2) is 0 Å². The zero-order valence-corrected chi connectivity index (χ0v) is 10.1. The minimum absolute atomic E-state index is 0.349. The van der Waals surface area contributed by atoms with Crippen LogP contribution in [0.3, 0.4) is 0 Å². The first-order valence-corrected chi connectivity index (χ1v) is 5.54. The van der Waals surface area contributed by atoms with Crippen LogP contribution in [0.5, 0.6) is 0 Å². The van der Waals surface area contributed by atoms with Crippen LogP contribution in [0.15, 0.2) is 36.4 Å². The minimum Gasteiger partial charge on any atom is -0.382 e. The highest BCUT2D eigenvalue weighted by Gasteiger charge is 2.38. The highest BCUT2D eigenvalue weighted by Crippen LogP contribution is 2.20. The van der Waals surface area contributed by atoms with E-state index in [9.17, 15) is 13.2 Å². The van der Waals surface area contributed by atoms with Gasteiger partial charge in [-0.2, -0.15) is 13.2 Å². The summed E-state index contributed by atoms with van der Waals surface area (Å²) in [6.07, 6.45) is -3.26. The van der Waals surface area contributed by atoms with Crippen molar-refractivity contribution >= 4 is 6.08 Å². The molecule has 1 aromatic rings. The van der Waals surface area contributed by atoms with Crippen LogP contribution in [-0.2, 0) is 0 Å². The SMILES string of the molecule is CN(C/C=C/c1ccccc1)C[C@H](O)C(F)(F)F. The molecule has 0 radical (unpaired) electrons. The third-order valence-electron chi connectivity index (χ3n) is 2.39. The number of alkyl halides is 3. The van der Waals surface area contributed by atoms with E-state index in [0.717, 1.165) is 5.56 Å². The minimum atomic E-state index is -4.56. The molecule has 5 heteroatoms.